The van der Waals surface area contributed by atoms with Crippen molar-refractivity contribution < 1.29 is 19.1 Å². The average molecular weight is 482 g/mol. The van der Waals surface area contributed by atoms with Crippen molar-refractivity contribution >= 4 is 29.2 Å². The number of anilines is 1. The van der Waals surface area contributed by atoms with Gasteiger partial charge in [-0.05, 0) is 41.3 Å². The standard InChI is InChI=1S/C24H24ClN5O4/c1-33-24(32)21-12-30(28-27-21)19-9-22(29(11-19)10-15-4-2-3-5-20(15)25)23(31)26-18-7-6-16-13-34-14-17(16)8-18/h2-8,12,19,22H,9-11,13-14H2,1H3,(H,26,31)/t19-,22+/m1/s1. The Balaban J connectivity index is 1.37. The van der Waals surface area contributed by atoms with E-state index in [1.807, 2.05) is 42.5 Å². The van der Waals surface area contributed by atoms with Gasteiger partial charge in [0.1, 0.15) is 0 Å². The van der Waals surface area contributed by atoms with Gasteiger partial charge in [0.15, 0.2) is 5.69 Å². The summed E-state index contributed by atoms with van der Waals surface area (Å²) in [4.78, 5) is 27.3. The van der Waals surface area contributed by atoms with Crippen LogP contribution in [0.1, 0.15) is 39.6 Å². The lowest BCUT2D eigenvalue weighted by atomic mass is 10.1. The van der Waals surface area contributed by atoms with E-state index in [-0.39, 0.29) is 17.6 Å². The molecule has 0 unspecified atom stereocenters. The third kappa shape index (κ3) is 4.54. The zero-order valence-corrected chi connectivity index (χ0v) is 19.4. The molecule has 3 aromatic rings. The quantitative estimate of drug-likeness (QED) is 0.540. The SMILES string of the molecule is COC(=O)c1cn([C@@H]2C[C@@H](C(=O)Nc3ccc4c(c3)COC4)N(Cc3ccccc3Cl)C2)nn1. The molecule has 2 aliphatic heterocycles. The van der Waals surface area contributed by atoms with E-state index in [1.54, 1.807) is 10.9 Å². The number of benzene rings is 2. The summed E-state index contributed by atoms with van der Waals surface area (Å²) in [6.07, 6.45) is 2.07. The Labute approximate surface area is 201 Å². The lowest BCUT2D eigenvalue weighted by molar-refractivity contribution is -0.120. The van der Waals surface area contributed by atoms with Crippen molar-refractivity contribution in [2.24, 2.45) is 0 Å². The molecular weight excluding hydrogens is 458 g/mol. The van der Waals surface area contributed by atoms with E-state index in [9.17, 15) is 9.59 Å². The first-order chi connectivity index (χ1) is 16.5. The molecule has 0 aliphatic carbocycles. The number of hydrogen-bond acceptors (Lipinski definition) is 7. The third-order valence-electron chi connectivity index (χ3n) is 6.28. The lowest BCUT2D eigenvalue weighted by Gasteiger charge is -2.24. The fourth-order valence-corrected chi connectivity index (χ4v) is 4.69. The van der Waals surface area contributed by atoms with E-state index in [2.05, 4.69) is 20.5 Å². The maximum absolute atomic E-state index is 13.4. The van der Waals surface area contributed by atoms with Gasteiger partial charge in [0, 0.05) is 23.8 Å². The molecule has 1 N–H and O–H groups in total. The summed E-state index contributed by atoms with van der Waals surface area (Å²) >= 11 is 6.40. The Morgan fingerprint density at radius 3 is 2.85 bits per heavy atom. The number of hydrogen-bond donors (Lipinski definition) is 1. The molecule has 0 bridgehead atoms. The maximum Gasteiger partial charge on any atom is 0.360 e. The van der Waals surface area contributed by atoms with Crippen LogP contribution in [0.3, 0.4) is 0 Å². The van der Waals surface area contributed by atoms with Crippen molar-refractivity contribution in [2.45, 2.75) is 38.3 Å². The van der Waals surface area contributed by atoms with E-state index in [0.29, 0.717) is 37.7 Å². The number of methoxy groups -OCH3 is 1. The summed E-state index contributed by atoms with van der Waals surface area (Å²) in [6.45, 7) is 2.21. The molecule has 2 aliphatic rings. The number of aromatic nitrogens is 3. The van der Waals surface area contributed by atoms with Gasteiger partial charge in [0.25, 0.3) is 0 Å². The van der Waals surface area contributed by atoms with Gasteiger partial charge in [-0.3, -0.25) is 9.69 Å². The monoisotopic (exact) mass is 481 g/mol. The highest BCUT2D eigenvalue weighted by molar-refractivity contribution is 6.31. The normalized spacial score (nSPS) is 19.7. The number of carbonyl (C=O) groups is 2. The van der Waals surface area contributed by atoms with Crippen molar-refractivity contribution in [1.82, 2.24) is 19.9 Å². The van der Waals surface area contributed by atoms with Gasteiger partial charge in [0.05, 0.1) is 38.6 Å². The number of nitrogens with one attached hydrogen (secondary N) is 1. The van der Waals surface area contributed by atoms with Crippen LogP contribution in [-0.2, 0) is 34.0 Å². The highest BCUT2D eigenvalue weighted by Gasteiger charge is 2.38. The summed E-state index contributed by atoms with van der Waals surface area (Å²) in [7, 11) is 1.30. The summed E-state index contributed by atoms with van der Waals surface area (Å²) in [5.74, 6) is -0.659. The fourth-order valence-electron chi connectivity index (χ4n) is 4.49. The zero-order valence-electron chi connectivity index (χ0n) is 18.6. The van der Waals surface area contributed by atoms with Crippen LogP contribution in [-0.4, -0.2) is 51.5 Å². The van der Waals surface area contributed by atoms with Gasteiger partial charge in [-0.15, -0.1) is 5.10 Å². The lowest BCUT2D eigenvalue weighted by Crippen LogP contribution is -2.39. The second-order valence-electron chi connectivity index (χ2n) is 8.47. The first kappa shape index (κ1) is 22.5. The van der Waals surface area contributed by atoms with Gasteiger partial charge in [-0.1, -0.05) is 41.1 Å². The number of carbonyl (C=O) groups excluding carboxylic acids is 2. The summed E-state index contributed by atoms with van der Waals surface area (Å²) in [5, 5.41) is 11.7. The zero-order chi connectivity index (χ0) is 23.7. The predicted octanol–water partition coefficient (Wildman–Crippen LogP) is 3.20. The topological polar surface area (TPSA) is 98.6 Å². The molecule has 0 saturated carbocycles. The van der Waals surface area contributed by atoms with Crippen LogP contribution in [0.5, 0.6) is 0 Å². The van der Waals surface area contributed by atoms with Gasteiger partial charge in [-0.2, -0.15) is 0 Å². The molecule has 3 heterocycles. The van der Waals surface area contributed by atoms with Crippen LogP contribution in [0.4, 0.5) is 5.69 Å². The van der Waals surface area contributed by atoms with Gasteiger partial charge in [0.2, 0.25) is 5.91 Å². The van der Waals surface area contributed by atoms with Crippen molar-refractivity contribution in [3.8, 4) is 0 Å². The van der Waals surface area contributed by atoms with Crippen LogP contribution >= 0.6 is 11.6 Å². The number of nitrogens with zero attached hydrogens (tertiary/aromatic N) is 4. The van der Waals surface area contributed by atoms with E-state index < -0.39 is 12.0 Å². The number of esters is 1. The first-order valence-electron chi connectivity index (χ1n) is 11.0. The molecule has 2 atom stereocenters. The number of ether oxygens (including phenoxy) is 2. The molecule has 1 fully saturated rings. The van der Waals surface area contributed by atoms with Crippen LogP contribution in [0.25, 0.3) is 0 Å². The Kier molecular flexibility index (Phi) is 6.32. The molecule has 0 radical (unpaired) electrons. The summed E-state index contributed by atoms with van der Waals surface area (Å²) in [5.41, 5.74) is 4.04. The minimum absolute atomic E-state index is 0.110. The van der Waals surface area contributed by atoms with Crippen molar-refractivity contribution in [3.05, 3.63) is 76.1 Å². The Morgan fingerprint density at radius 1 is 1.21 bits per heavy atom. The molecule has 1 aromatic heterocycles. The van der Waals surface area contributed by atoms with Crippen molar-refractivity contribution in [2.75, 3.05) is 19.0 Å². The second-order valence-corrected chi connectivity index (χ2v) is 8.87. The average Bonchev–Trinajstić information content (AvgIpc) is 3.59. The number of fused-ring (bicyclic) bond motifs is 1. The van der Waals surface area contributed by atoms with E-state index >= 15 is 0 Å². The molecule has 0 spiro atoms. The van der Waals surface area contributed by atoms with Crippen molar-refractivity contribution in [1.29, 1.82) is 0 Å². The Bertz CT molecular complexity index is 1230. The Hall–Kier alpha value is -3.27. The summed E-state index contributed by atoms with van der Waals surface area (Å²) < 4.78 is 11.8. The van der Waals surface area contributed by atoms with Gasteiger partial charge >= 0.3 is 5.97 Å². The smallest absolute Gasteiger partial charge is 0.360 e. The van der Waals surface area contributed by atoms with Crippen LogP contribution in [0.15, 0.2) is 48.7 Å². The maximum atomic E-state index is 13.4. The fraction of sp³-hybridized carbons (Fsp3) is 0.333. The molecule has 1 amide bonds. The predicted molar refractivity (Wildman–Crippen MR) is 124 cm³/mol. The first-order valence-corrected chi connectivity index (χ1v) is 11.4. The molecule has 176 valence electrons. The third-order valence-corrected chi connectivity index (χ3v) is 6.65. The molecule has 34 heavy (non-hydrogen) atoms. The number of rotatable bonds is 6. The van der Waals surface area contributed by atoms with E-state index in [1.165, 1.54) is 7.11 Å². The molecule has 1 saturated heterocycles. The van der Waals surface area contributed by atoms with E-state index in [4.69, 9.17) is 21.1 Å². The Morgan fingerprint density at radius 2 is 2.03 bits per heavy atom. The second kappa shape index (κ2) is 9.54. The van der Waals surface area contributed by atoms with Crippen LogP contribution in [0, 0.1) is 0 Å². The van der Waals surface area contributed by atoms with E-state index in [0.717, 1.165) is 22.4 Å². The largest absolute Gasteiger partial charge is 0.464 e. The minimum Gasteiger partial charge on any atom is -0.464 e. The molecular formula is C24H24ClN5O4. The number of likely N-dealkylation sites (tertiary alicyclic amines) is 1. The van der Waals surface area contributed by atoms with Crippen LogP contribution in [0.2, 0.25) is 5.02 Å². The molecule has 5 rings (SSSR count). The molecule has 9 nitrogen and oxygen atoms in total. The van der Waals surface area contributed by atoms with Gasteiger partial charge in [-0.25, -0.2) is 9.48 Å². The number of amides is 1. The highest BCUT2D eigenvalue weighted by atomic mass is 35.5. The van der Waals surface area contributed by atoms with Gasteiger partial charge < -0.3 is 14.8 Å². The molecule has 10 heteroatoms. The van der Waals surface area contributed by atoms with Crippen LogP contribution < -0.4 is 5.32 Å². The highest BCUT2D eigenvalue weighted by Crippen LogP contribution is 2.31. The minimum atomic E-state index is -0.549. The molecule has 2 aromatic carbocycles. The van der Waals surface area contributed by atoms with Crippen molar-refractivity contribution in [3.63, 3.8) is 0 Å². The summed E-state index contributed by atoms with van der Waals surface area (Å²) in [6, 6.07) is 12.9. The number of halogens is 1.